The van der Waals surface area contributed by atoms with Crippen molar-refractivity contribution in [2.75, 3.05) is 0 Å². The van der Waals surface area contributed by atoms with Gasteiger partial charge >= 0.3 is 0 Å². The van der Waals surface area contributed by atoms with Gasteiger partial charge in [0.1, 0.15) is 5.01 Å². The van der Waals surface area contributed by atoms with E-state index in [9.17, 15) is 0 Å². The van der Waals surface area contributed by atoms with E-state index >= 15 is 0 Å². The number of aryl methyl sites for hydroxylation is 2. The first kappa shape index (κ1) is 16.5. The Morgan fingerprint density at radius 3 is 2.95 bits per heavy atom. The molecule has 0 aliphatic carbocycles. The molecule has 5 nitrogen and oxygen atoms in total. The number of nitrogens with two attached hydrogens (primary N) is 1. The van der Waals surface area contributed by atoms with Crippen molar-refractivity contribution in [1.82, 2.24) is 15.4 Å². The van der Waals surface area contributed by atoms with Crippen LogP contribution in [-0.2, 0) is 6.42 Å². The quantitative estimate of drug-likeness (QED) is 0.500. The zero-order valence-corrected chi connectivity index (χ0v) is 14.5. The monoisotopic (exact) mass is 333 g/mol. The molecule has 0 atom stereocenters. The predicted octanol–water partition coefficient (Wildman–Crippen LogP) is 3.02. The van der Waals surface area contributed by atoms with Gasteiger partial charge in [-0.2, -0.15) is 5.10 Å². The molecule has 0 aromatic carbocycles. The van der Waals surface area contributed by atoms with Crippen LogP contribution < -0.4 is 11.2 Å². The van der Waals surface area contributed by atoms with Crippen LogP contribution >= 0.6 is 23.6 Å². The molecule has 0 spiro atoms. The van der Waals surface area contributed by atoms with Crippen molar-refractivity contribution in [2.24, 2.45) is 10.8 Å². The highest BCUT2D eigenvalue weighted by molar-refractivity contribution is 7.80. The summed E-state index contributed by atoms with van der Waals surface area (Å²) >= 11 is 6.36. The lowest BCUT2D eigenvalue weighted by Crippen LogP contribution is -2.25. The highest BCUT2D eigenvalue weighted by atomic mass is 32.1. The second-order valence-electron chi connectivity index (χ2n) is 4.89. The molecule has 116 valence electrons. The number of aromatic nitrogens is 2. The standard InChI is InChI=1S/C15H19N5S2/c1-4-5-12-8-11(6-7-17-12)14-18-9(2)13(22-14)10(3)19-20-15(16)21/h6-8H,4-5H2,1-3H3,(H3,16,20,21). The fraction of sp³-hybridized carbons (Fsp3) is 0.333. The van der Waals surface area contributed by atoms with Crippen LogP contribution in [0.15, 0.2) is 23.4 Å². The number of pyridine rings is 1. The van der Waals surface area contributed by atoms with Gasteiger partial charge in [-0.05, 0) is 44.6 Å². The topological polar surface area (TPSA) is 76.2 Å². The molecule has 0 fully saturated rings. The average molecular weight is 333 g/mol. The number of nitrogens with one attached hydrogen (secondary N) is 1. The first-order valence-corrected chi connectivity index (χ1v) is 8.26. The average Bonchev–Trinajstić information content (AvgIpc) is 2.87. The summed E-state index contributed by atoms with van der Waals surface area (Å²) in [6.07, 6.45) is 3.89. The third-order valence-corrected chi connectivity index (χ3v) is 4.44. The van der Waals surface area contributed by atoms with Crippen LogP contribution in [0.3, 0.4) is 0 Å². The van der Waals surface area contributed by atoms with E-state index in [1.807, 2.05) is 26.1 Å². The number of hydrogen-bond acceptors (Lipinski definition) is 5. The number of hydrazone groups is 1. The molecule has 2 aromatic rings. The lowest BCUT2D eigenvalue weighted by atomic mass is 10.2. The van der Waals surface area contributed by atoms with Gasteiger partial charge in [0.05, 0.1) is 16.3 Å². The Bertz CT molecular complexity index is 706. The molecule has 0 radical (unpaired) electrons. The number of thiazole rings is 1. The molecule has 0 aliphatic rings. The van der Waals surface area contributed by atoms with Crippen LogP contribution in [0.4, 0.5) is 0 Å². The third kappa shape index (κ3) is 4.08. The Kier molecular flexibility index (Phi) is 5.57. The highest BCUT2D eigenvalue weighted by Gasteiger charge is 2.12. The molecule has 0 saturated carbocycles. The zero-order chi connectivity index (χ0) is 16.1. The Morgan fingerprint density at radius 2 is 2.27 bits per heavy atom. The largest absolute Gasteiger partial charge is 0.375 e. The van der Waals surface area contributed by atoms with Crippen LogP contribution in [0.1, 0.15) is 36.5 Å². The van der Waals surface area contributed by atoms with E-state index in [4.69, 9.17) is 18.0 Å². The maximum absolute atomic E-state index is 5.39. The molecule has 0 amide bonds. The zero-order valence-electron chi connectivity index (χ0n) is 12.9. The molecule has 7 heteroatoms. The number of nitrogens with zero attached hydrogens (tertiary/aromatic N) is 3. The maximum Gasteiger partial charge on any atom is 0.184 e. The van der Waals surface area contributed by atoms with Crippen molar-refractivity contribution in [2.45, 2.75) is 33.6 Å². The van der Waals surface area contributed by atoms with Gasteiger partial charge in [-0.3, -0.25) is 10.4 Å². The van der Waals surface area contributed by atoms with Crippen LogP contribution in [0.2, 0.25) is 0 Å². The fourth-order valence-electron chi connectivity index (χ4n) is 2.05. The van der Waals surface area contributed by atoms with E-state index < -0.39 is 0 Å². The van der Waals surface area contributed by atoms with Crippen molar-refractivity contribution in [3.05, 3.63) is 34.6 Å². The molecule has 2 aromatic heterocycles. The van der Waals surface area contributed by atoms with Crippen LogP contribution in [0, 0.1) is 6.92 Å². The van der Waals surface area contributed by atoms with E-state index in [0.717, 1.165) is 45.4 Å². The van der Waals surface area contributed by atoms with Gasteiger partial charge < -0.3 is 5.73 Å². The molecule has 22 heavy (non-hydrogen) atoms. The minimum atomic E-state index is 0.153. The Labute approximate surface area is 139 Å². The van der Waals surface area contributed by atoms with Gasteiger partial charge in [0.25, 0.3) is 0 Å². The van der Waals surface area contributed by atoms with Gasteiger partial charge in [-0.25, -0.2) is 4.98 Å². The number of rotatable bonds is 5. The van der Waals surface area contributed by atoms with E-state index in [2.05, 4.69) is 33.5 Å². The molecule has 0 saturated heterocycles. The number of hydrogen-bond donors (Lipinski definition) is 2. The molecule has 0 aliphatic heterocycles. The summed E-state index contributed by atoms with van der Waals surface area (Å²) in [6.45, 7) is 6.03. The summed E-state index contributed by atoms with van der Waals surface area (Å²) in [6, 6.07) is 4.09. The molecule has 0 bridgehead atoms. The van der Waals surface area contributed by atoms with Crippen molar-refractivity contribution >= 4 is 34.4 Å². The molecule has 0 unspecified atom stereocenters. The Morgan fingerprint density at radius 1 is 1.50 bits per heavy atom. The lowest BCUT2D eigenvalue weighted by Gasteiger charge is -2.00. The number of thiocarbonyl (C=S) groups is 1. The Balaban J connectivity index is 2.31. The highest BCUT2D eigenvalue weighted by Crippen LogP contribution is 2.28. The summed E-state index contributed by atoms with van der Waals surface area (Å²) in [5.74, 6) is 0. The van der Waals surface area contributed by atoms with Crippen LogP contribution in [0.5, 0.6) is 0 Å². The Hall–Kier alpha value is -1.86. The lowest BCUT2D eigenvalue weighted by molar-refractivity contribution is 0.883. The van der Waals surface area contributed by atoms with E-state index in [0.29, 0.717) is 0 Å². The summed E-state index contributed by atoms with van der Waals surface area (Å²) < 4.78 is 0. The van der Waals surface area contributed by atoms with Crippen LogP contribution in [-0.4, -0.2) is 20.8 Å². The second-order valence-corrected chi connectivity index (χ2v) is 6.33. The predicted molar refractivity (Wildman–Crippen MR) is 96.2 cm³/mol. The maximum atomic E-state index is 5.39. The van der Waals surface area contributed by atoms with E-state index in [-0.39, 0.29) is 5.11 Å². The molecule has 2 rings (SSSR count). The van der Waals surface area contributed by atoms with Crippen molar-refractivity contribution < 1.29 is 0 Å². The van der Waals surface area contributed by atoms with Gasteiger partial charge in [-0.15, -0.1) is 11.3 Å². The van der Waals surface area contributed by atoms with Crippen LogP contribution in [0.25, 0.3) is 10.6 Å². The van der Waals surface area contributed by atoms with E-state index in [1.54, 1.807) is 11.3 Å². The van der Waals surface area contributed by atoms with Gasteiger partial charge in [-0.1, -0.05) is 13.3 Å². The van der Waals surface area contributed by atoms with Crippen molar-refractivity contribution in [3.63, 3.8) is 0 Å². The smallest absolute Gasteiger partial charge is 0.184 e. The van der Waals surface area contributed by atoms with Gasteiger partial charge in [0.2, 0.25) is 0 Å². The van der Waals surface area contributed by atoms with Gasteiger partial charge in [0.15, 0.2) is 5.11 Å². The summed E-state index contributed by atoms with van der Waals surface area (Å²) in [5.41, 5.74) is 11.9. The minimum absolute atomic E-state index is 0.153. The first-order valence-electron chi connectivity index (χ1n) is 7.04. The van der Waals surface area contributed by atoms with E-state index in [1.165, 1.54) is 0 Å². The molecular weight excluding hydrogens is 314 g/mol. The first-order chi connectivity index (χ1) is 10.5. The normalized spacial score (nSPS) is 11.5. The minimum Gasteiger partial charge on any atom is -0.375 e. The molecule has 2 heterocycles. The second kappa shape index (κ2) is 7.42. The summed E-state index contributed by atoms with van der Waals surface area (Å²) in [7, 11) is 0. The SMILES string of the molecule is CCCc1cc(-c2nc(C)c(C(C)=NNC(N)=S)s2)ccn1. The van der Waals surface area contributed by atoms with Gasteiger partial charge in [0, 0.05) is 17.5 Å². The van der Waals surface area contributed by atoms with Crippen molar-refractivity contribution in [3.8, 4) is 10.6 Å². The van der Waals surface area contributed by atoms with Crippen molar-refractivity contribution in [1.29, 1.82) is 0 Å². The molecule has 3 N–H and O–H groups in total. The molecular formula is C15H19N5S2. The summed E-state index contributed by atoms with van der Waals surface area (Å²) in [5, 5.41) is 5.29. The summed E-state index contributed by atoms with van der Waals surface area (Å²) in [4.78, 5) is 10.1. The third-order valence-electron chi connectivity index (χ3n) is 3.03. The fourth-order valence-corrected chi connectivity index (χ4v) is 3.10.